The van der Waals surface area contributed by atoms with Gasteiger partial charge in [-0.3, -0.25) is 0 Å². The first kappa shape index (κ1) is 17.0. The number of rotatable bonds is 6. The highest BCUT2D eigenvalue weighted by Crippen LogP contribution is 2.25. The van der Waals surface area contributed by atoms with Gasteiger partial charge in [-0.2, -0.15) is 11.8 Å². The Kier molecular flexibility index (Phi) is 6.90. The number of aliphatic imine (C=N–C) groups is 1. The zero-order chi connectivity index (χ0) is 15.8. The van der Waals surface area contributed by atoms with Gasteiger partial charge in [0.15, 0.2) is 5.96 Å². The molecular formula is C17H27N3OS. The van der Waals surface area contributed by atoms with E-state index >= 15 is 0 Å². The summed E-state index contributed by atoms with van der Waals surface area (Å²) in [4.78, 5) is 4.68. The number of nitrogens with one attached hydrogen (secondary N) is 2. The topological polar surface area (TPSA) is 45.7 Å². The van der Waals surface area contributed by atoms with Crippen molar-refractivity contribution in [1.29, 1.82) is 0 Å². The Morgan fingerprint density at radius 2 is 2.27 bits per heavy atom. The first-order valence-electron chi connectivity index (χ1n) is 8.00. The van der Waals surface area contributed by atoms with Gasteiger partial charge in [-0.05, 0) is 49.6 Å². The van der Waals surface area contributed by atoms with Gasteiger partial charge in [-0.15, -0.1) is 0 Å². The molecule has 0 saturated carbocycles. The lowest BCUT2D eigenvalue weighted by Gasteiger charge is -2.14. The number of methoxy groups -OCH3 is 1. The van der Waals surface area contributed by atoms with Crippen LogP contribution >= 0.6 is 11.8 Å². The van der Waals surface area contributed by atoms with Crippen LogP contribution in [0.25, 0.3) is 0 Å². The van der Waals surface area contributed by atoms with Crippen LogP contribution < -0.4 is 15.4 Å². The van der Waals surface area contributed by atoms with E-state index in [1.807, 2.05) is 0 Å². The Morgan fingerprint density at radius 1 is 1.41 bits per heavy atom. The Balaban J connectivity index is 1.93. The number of guanidine groups is 1. The third-order valence-corrected chi connectivity index (χ3v) is 5.16. The van der Waals surface area contributed by atoms with Gasteiger partial charge in [-0.1, -0.05) is 12.1 Å². The van der Waals surface area contributed by atoms with Crippen molar-refractivity contribution in [2.24, 2.45) is 4.99 Å². The van der Waals surface area contributed by atoms with E-state index < -0.39 is 0 Å². The van der Waals surface area contributed by atoms with Crippen molar-refractivity contribution in [2.75, 3.05) is 26.0 Å². The Labute approximate surface area is 138 Å². The summed E-state index contributed by atoms with van der Waals surface area (Å²) >= 11 is 2.06. The average molecular weight is 321 g/mol. The van der Waals surface area contributed by atoms with Gasteiger partial charge in [0.25, 0.3) is 0 Å². The highest BCUT2D eigenvalue weighted by molar-refractivity contribution is 8.00. The molecule has 1 heterocycles. The van der Waals surface area contributed by atoms with E-state index in [4.69, 9.17) is 4.74 Å². The van der Waals surface area contributed by atoms with Crippen LogP contribution in [0, 0.1) is 6.92 Å². The average Bonchev–Trinajstić information content (AvgIpc) is 3.04. The first-order chi connectivity index (χ1) is 10.7. The molecule has 2 N–H and O–H groups in total. The van der Waals surface area contributed by atoms with E-state index in [2.05, 4.69) is 59.4 Å². The predicted octanol–water partition coefficient (Wildman–Crippen LogP) is 2.95. The molecule has 0 spiro atoms. The van der Waals surface area contributed by atoms with Crippen molar-refractivity contribution in [1.82, 2.24) is 10.6 Å². The molecule has 0 bridgehead atoms. The van der Waals surface area contributed by atoms with Crippen LogP contribution in [0.1, 0.15) is 30.9 Å². The molecule has 1 aliphatic heterocycles. The zero-order valence-corrected chi connectivity index (χ0v) is 14.6. The fraction of sp³-hybridized carbons (Fsp3) is 0.588. The third-order valence-electron chi connectivity index (χ3n) is 3.76. The van der Waals surface area contributed by atoms with Crippen molar-refractivity contribution in [3.63, 3.8) is 0 Å². The summed E-state index contributed by atoms with van der Waals surface area (Å²) < 4.78 is 5.37. The van der Waals surface area contributed by atoms with Crippen molar-refractivity contribution >= 4 is 17.7 Å². The molecule has 2 rings (SSSR count). The van der Waals surface area contributed by atoms with Crippen LogP contribution in [0.15, 0.2) is 23.2 Å². The molecule has 0 amide bonds. The molecule has 1 aromatic carbocycles. The smallest absolute Gasteiger partial charge is 0.191 e. The van der Waals surface area contributed by atoms with E-state index in [-0.39, 0.29) is 0 Å². The number of hydrogen-bond acceptors (Lipinski definition) is 3. The van der Waals surface area contributed by atoms with Gasteiger partial charge < -0.3 is 15.4 Å². The number of nitrogens with zero attached hydrogens (tertiary/aromatic N) is 1. The quantitative estimate of drug-likeness (QED) is 0.625. The molecule has 1 aliphatic rings. The fourth-order valence-electron chi connectivity index (χ4n) is 2.49. The zero-order valence-electron chi connectivity index (χ0n) is 13.8. The second-order valence-electron chi connectivity index (χ2n) is 5.52. The molecule has 1 fully saturated rings. The van der Waals surface area contributed by atoms with Gasteiger partial charge in [0.1, 0.15) is 5.75 Å². The summed E-state index contributed by atoms with van der Waals surface area (Å²) in [5, 5.41) is 7.50. The van der Waals surface area contributed by atoms with E-state index in [1.54, 1.807) is 7.11 Å². The second-order valence-corrected chi connectivity index (χ2v) is 6.92. The normalized spacial score (nSPS) is 18.3. The molecule has 5 heteroatoms. The third kappa shape index (κ3) is 5.13. The molecule has 0 aliphatic carbocycles. The van der Waals surface area contributed by atoms with E-state index in [9.17, 15) is 0 Å². The van der Waals surface area contributed by atoms with Gasteiger partial charge in [-0.25, -0.2) is 4.99 Å². The highest BCUT2D eigenvalue weighted by atomic mass is 32.2. The molecule has 1 aromatic rings. The maximum atomic E-state index is 5.37. The minimum Gasteiger partial charge on any atom is -0.496 e. The second kappa shape index (κ2) is 8.93. The van der Waals surface area contributed by atoms with Crippen molar-refractivity contribution in [2.45, 2.75) is 38.5 Å². The molecule has 1 unspecified atom stereocenters. The number of aryl methyl sites for hydroxylation is 1. The lowest BCUT2D eigenvalue weighted by molar-refractivity contribution is 0.411. The molecular weight excluding hydrogens is 294 g/mol. The minimum absolute atomic E-state index is 0.657. The molecule has 0 aromatic heterocycles. The minimum atomic E-state index is 0.657. The molecule has 1 atom stereocenters. The fourth-order valence-corrected chi connectivity index (χ4v) is 3.69. The van der Waals surface area contributed by atoms with Crippen LogP contribution in [-0.2, 0) is 6.54 Å². The molecule has 122 valence electrons. The van der Waals surface area contributed by atoms with E-state index in [1.165, 1.54) is 18.6 Å². The standard InChI is InChI=1S/C17H27N3OS/c1-4-18-17(20-12-15-6-5-9-22-15)19-11-14-8-7-13(2)16(10-14)21-3/h7-8,10,15H,4-6,9,11-12H2,1-3H3,(H2,18,19,20). The maximum absolute atomic E-state index is 5.37. The van der Waals surface area contributed by atoms with Crippen LogP contribution in [0.5, 0.6) is 5.75 Å². The predicted molar refractivity (Wildman–Crippen MR) is 96.0 cm³/mol. The monoisotopic (exact) mass is 321 g/mol. The molecule has 4 nitrogen and oxygen atoms in total. The largest absolute Gasteiger partial charge is 0.496 e. The van der Waals surface area contributed by atoms with Gasteiger partial charge in [0.2, 0.25) is 0 Å². The Bertz CT molecular complexity index is 499. The Morgan fingerprint density at radius 3 is 2.95 bits per heavy atom. The van der Waals surface area contributed by atoms with Gasteiger partial charge >= 0.3 is 0 Å². The summed E-state index contributed by atoms with van der Waals surface area (Å²) in [5.41, 5.74) is 2.31. The SMILES string of the molecule is CCNC(=NCc1ccc(C)c(OC)c1)NCC1CCCS1. The first-order valence-corrected chi connectivity index (χ1v) is 9.05. The number of thioether (sulfide) groups is 1. The van der Waals surface area contributed by atoms with Crippen molar-refractivity contribution in [3.8, 4) is 5.75 Å². The number of hydrogen-bond donors (Lipinski definition) is 2. The summed E-state index contributed by atoms with van der Waals surface area (Å²) in [6.45, 7) is 6.67. The van der Waals surface area contributed by atoms with Gasteiger partial charge in [0, 0.05) is 18.3 Å². The van der Waals surface area contributed by atoms with Crippen LogP contribution in [0.3, 0.4) is 0 Å². The van der Waals surface area contributed by atoms with Crippen molar-refractivity contribution in [3.05, 3.63) is 29.3 Å². The van der Waals surface area contributed by atoms with Crippen molar-refractivity contribution < 1.29 is 4.74 Å². The summed E-state index contributed by atoms with van der Waals surface area (Å²) in [6, 6.07) is 6.26. The molecule has 1 saturated heterocycles. The van der Waals surface area contributed by atoms with Gasteiger partial charge in [0.05, 0.1) is 13.7 Å². The molecule has 0 radical (unpaired) electrons. The Hall–Kier alpha value is -1.36. The van der Waals surface area contributed by atoms with Crippen LogP contribution in [0.2, 0.25) is 0 Å². The number of ether oxygens (including phenoxy) is 1. The lowest BCUT2D eigenvalue weighted by atomic mass is 10.1. The summed E-state index contributed by atoms with van der Waals surface area (Å²) in [6.07, 6.45) is 2.65. The van der Waals surface area contributed by atoms with Crippen LogP contribution in [-0.4, -0.2) is 37.2 Å². The lowest BCUT2D eigenvalue weighted by Crippen LogP contribution is -2.40. The summed E-state index contributed by atoms with van der Waals surface area (Å²) in [5.74, 6) is 3.12. The highest BCUT2D eigenvalue weighted by Gasteiger charge is 2.15. The van der Waals surface area contributed by atoms with E-state index in [0.717, 1.165) is 41.2 Å². The number of benzene rings is 1. The van der Waals surface area contributed by atoms with Crippen LogP contribution in [0.4, 0.5) is 0 Å². The molecule has 22 heavy (non-hydrogen) atoms. The summed E-state index contributed by atoms with van der Waals surface area (Å²) in [7, 11) is 1.71. The van der Waals surface area contributed by atoms with E-state index in [0.29, 0.717) is 6.54 Å². The maximum Gasteiger partial charge on any atom is 0.191 e.